The molecule has 1 fully saturated rings. The van der Waals surface area contributed by atoms with Crippen molar-refractivity contribution in [3.05, 3.63) is 0 Å². The minimum absolute atomic E-state index is 0.0214. The van der Waals surface area contributed by atoms with Crippen LogP contribution in [0, 0.1) is 0 Å². The van der Waals surface area contributed by atoms with Gasteiger partial charge in [0.05, 0.1) is 12.9 Å². The molecule has 1 rings (SSSR count). The van der Waals surface area contributed by atoms with Gasteiger partial charge in [0.2, 0.25) is 10.0 Å². The second kappa shape index (κ2) is 6.93. The van der Waals surface area contributed by atoms with Gasteiger partial charge in [-0.25, -0.2) is 13.1 Å². The number of methoxy groups -OCH3 is 1. The number of hydrogen-bond donors (Lipinski definition) is 2. The van der Waals surface area contributed by atoms with Crippen LogP contribution >= 0.6 is 0 Å². The summed E-state index contributed by atoms with van der Waals surface area (Å²) in [5, 5.41) is 3.14. The van der Waals surface area contributed by atoms with Gasteiger partial charge in [0.15, 0.2) is 0 Å². The molecule has 17 heavy (non-hydrogen) atoms. The maximum absolute atomic E-state index is 11.7. The van der Waals surface area contributed by atoms with E-state index in [-0.39, 0.29) is 24.2 Å². The number of piperidine rings is 1. The van der Waals surface area contributed by atoms with Crippen LogP contribution in [0.3, 0.4) is 0 Å². The molecular formula is C10H20N2O4S. The summed E-state index contributed by atoms with van der Waals surface area (Å²) in [6.07, 6.45) is 2.28. The Kier molecular flexibility index (Phi) is 5.87. The molecule has 0 aromatic heterocycles. The standard InChI is InChI=1S/C10H20N2O4S/c1-16-10(13)5-3-7-17(14,15)12-9-4-2-6-11-8-9/h9,11-12H,2-8H2,1H3/t9-/m0/s1. The van der Waals surface area contributed by atoms with Gasteiger partial charge in [-0.15, -0.1) is 0 Å². The Morgan fingerprint density at radius 3 is 2.88 bits per heavy atom. The fourth-order valence-corrected chi connectivity index (χ4v) is 3.13. The second-order valence-corrected chi connectivity index (χ2v) is 6.03. The van der Waals surface area contributed by atoms with Crippen LogP contribution in [-0.2, 0) is 19.6 Å². The maximum Gasteiger partial charge on any atom is 0.305 e. The van der Waals surface area contributed by atoms with E-state index in [1.807, 2.05) is 0 Å². The highest BCUT2D eigenvalue weighted by Crippen LogP contribution is 2.04. The van der Waals surface area contributed by atoms with Crippen molar-refractivity contribution in [3.8, 4) is 0 Å². The van der Waals surface area contributed by atoms with Crippen molar-refractivity contribution in [1.29, 1.82) is 0 Å². The number of ether oxygens (including phenoxy) is 1. The number of carbonyl (C=O) groups excluding carboxylic acids is 1. The third-order valence-electron chi connectivity index (χ3n) is 2.66. The highest BCUT2D eigenvalue weighted by atomic mass is 32.2. The van der Waals surface area contributed by atoms with Crippen LogP contribution in [0.5, 0.6) is 0 Å². The van der Waals surface area contributed by atoms with E-state index in [0.717, 1.165) is 19.4 Å². The summed E-state index contributed by atoms with van der Waals surface area (Å²) in [7, 11) is -1.99. The Bertz CT molecular complexity index is 336. The molecule has 0 saturated carbocycles. The molecule has 0 aromatic carbocycles. The van der Waals surface area contributed by atoms with Gasteiger partial charge >= 0.3 is 5.97 Å². The first-order chi connectivity index (χ1) is 8.03. The first-order valence-corrected chi connectivity index (χ1v) is 7.46. The molecule has 0 bridgehead atoms. The number of rotatable bonds is 6. The Morgan fingerprint density at radius 2 is 2.29 bits per heavy atom. The summed E-state index contributed by atoms with van der Waals surface area (Å²) in [6.45, 7) is 1.62. The van der Waals surface area contributed by atoms with Crippen molar-refractivity contribution in [2.24, 2.45) is 0 Å². The van der Waals surface area contributed by atoms with E-state index in [0.29, 0.717) is 13.0 Å². The summed E-state index contributed by atoms with van der Waals surface area (Å²) in [5.74, 6) is -0.405. The molecule has 0 aromatic rings. The Balaban J connectivity index is 2.27. The molecule has 6 nitrogen and oxygen atoms in total. The molecular weight excluding hydrogens is 244 g/mol. The number of esters is 1. The normalized spacial score (nSPS) is 21.1. The van der Waals surface area contributed by atoms with Crippen LogP contribution in [-0.4, -0.2) is 46.4 Å². The van der Waals surface area contributed by atoms with Crippen molar-refractivity contribution in [3.63, 3.8) is 0 Å². The molecule has 1 atom stereocenters. The van der Waals surface area contributed by atoms with E-state index < -0.39 is 10.0 Å². The summed E-state index contributed by atoms with van der Waals surface area (Å²) in [4.78, 5) is 10.8. The molecule has 0 aliphatic carbocycles. The van der Waals surface area contributed by atoms with Crippen molar-refractivity contribution < 1.29 is 17.9 Å². The van der Waals surface area contributed by atoms with E-state index >= 15 is 0 Å². The lowest BCUT2D eigenvalue weighted by molar-refractivity contribution is -0.140. The number of hydrogen-bond acceptors (Lipinski definition) is 5. The smallest absolute Gasteiger partial charge is 0.305 e. The van der Waals surface area contributed by atoms with Crippen LogP contribution in [0.1, 0.15) is 25.7 Å². The average molecular weight is 264 g/mol. The highest BCUT2D eigenvalue weighted by molar-refractivity contribution is 7.89. The minimum Gasteiger partial charge on any atom is -0.469 e. The first kappa shape index (κ1) is 14.4. The van der Waals surface area contributed by atoms with Crippen molar-refractivity contribution >= 4 is 16.0 Å². The van der Waals surface area contributed by atoms with E-state index in [1.165, 1.54) is 7.11 Å². The van der Waals surface area contributed by atoms with Crippen LogP contribution in [0.15, 0.2) is 0 Å². The molecule has 7 heteroatoms. The third kappa shape index (κ3) is 5.99. The van der Waals surface area contributed by atoms with Crippen molar-refractivity contribution in [2.75, 3.05) is 26.0 Å². The SMILES string of the molecule is COC(=O)CCCS(=O)(=O)N[C@H]1CCCNC1. The predicted octanol–water partition coefficient (Wildman–Crippen LogP) is -0.389. The van der Waals surface area contributed by atoms with Crippen LogP contribution in [0.4, 0.5) is 0 Å². The average Bonchev–Trinajstić information content (AvgIpc) is 2.29. The predicted molar refractivity (Wildman–Crippen MR) is 64.1 cm³/mol. The number of nitrogens with one attached hydrogen (secondary N) is 2. The van der Waals surface area contributed by atoms with Crippen LogP contribution < -0.4 is 10.0 Å². The third-order valence-corrected chi connectivity index (χ3v) is 4.18. The molecule has 1 aliphatic heterocycles. The van der Waals surface area contributed by atoms with Gasteiger partial charge in [0.25, 0.3) is 0 Å². The fourth-order valence-electron chi connectivity index (χ4n) is 1.77. The van der Waals surface area contributed by atoms with E-state index in [4.69, 9.17) is 0 Å². The van der Waals surface area contributed by atoms with Gasteiger partial charge in [0, 0.05) is 19.0 Å². The van der Waals surface area contributed by atoms with Gasteiger partial charge in [-0.05, 0) is 25.8 Å². The van der Waals surface area contributed by atoms with Gasteiger partial charge in [-0.2, -0.15) is 0 Å². The van der Waals surface area contributed by atoms with Crippen LogP contribution in [0.2, 0.25) is 0 Å². The van der Waals surface area contributed by atoms with E-state index in [2.05, 4.69) is 14.8 Å². The van der Waals surface area contributed by atoms with Crippen molar-refractivity contribution in [2.45, 2.75) is 31.7 Å². The maximum atomic E-state index is 11.7. The zero-order valence-corrected chi connectivity index (χ0v) is 10.9. The first-order valence-electron chi connectivity index (χ1n) is 5.81. The summed E-state index contributed by atoms with van der Waals surface area (Å²) in [5.41, 5.74) is 0. The summed E-state index contributed by atoms with van der Waals surface area (Å²) in [6, 6.07) is -0.0214. The largest absolute Gasteiger partial charge is 0.469 e. The second-order valence-electron chi connectivity index (χ2n) is 4.16. The van der Waals surface area contributed by atoms with Crippen molar-refractivity contribution in [1.82, 2.24) is 10.0 Å². The van der Waals surface area contributed by atoms with Gasteiger partial charge < -0.3 is 10.1 Å². The lowest BCUT2D eigenvalue weighted by Gasteiger charge is -2.23. The molecule has 0 spiro atoms. The lowest BCUT2D eigenvalue weighted by atomic mass is 10.1. The zero-order chi connectivity index (χ0) is 12.7. The van der Waals surface area contributed by atoms with E-state index in [9.17, 15) is 13.2 Å². The molecule has 1 heterocycles. The Hall–Kier alpha value is -0.660. The summed E-state index contributed by atoms with van der Waals surface area (Å²) >= 11 is 0. The fraction of sp³-hybridized carbons (Fsp3) is 0.900. The molecule has 100 valence electrons. The zero-order valence-electron chi connectivity index (χ0n) is 10.1. The van der Waals surface area contributed by atoms with Crippen LogP contribution in [0.25, 0.3) is 0 Å². The molecule has 0 radical (unpaired) electrons. The molecule has 1 aliphatic rings. The Morgan fingerprint density at radius 1 is 1.53 bits per heavy atom. The Labute approximate surface area is 102 Å². The molecule has 2 N–H and O–H groups in total. The molecule has 1 saturated heterocycles. The minimum atomic E-state index is -3.28. The quantitative estimate of drug-likeness (QED) is 0.638. The van der Waals surface area contributed by atoms with E-state index in [1.54, 1.807) is 0 Å². The topological polar surface area (TPSA) is 84.5 Å². The summed E-state index contributed by atoms with van der Waals surface area (Å²) < 4.78 is 30.5. The van der Waals surface area contributed by atoms with Gasteiger partial charge in [-0.1, -0.05) is 0 Å². The lowest BCUT2D eigenvalue weighted by Crippen LogP contribution is -2.46. The molecule has 0 amide bonds. The van der Waals surface area contributed by atoms with Gasteiger partial charge in [-0.3, -0.25) is 4.79 Å². The number of carbonyl (C=O) groups is 1. The van der Waals surface area contributed by atoms with Gasteiger partial charge in [0.1, 0.15) is 0 Å². The number of sulfonamides is 1. The molecule has 0 unspecified atom stereocenters. The highest BCUT2D eigenvalue weighted by Gasteiger charge is 2.19. The monoisotopic (exact) mass is 264 g/mol.